The molecule has 1 aliphatic heterocycles. The van der Waals surface area contributed by atoms with Crippen LogP contribution in [0.3, 0.4) is 0 Å². The summed E-state index contributed by atoms with van der Waals surface area (Å²) in [7, 11) is -3.10. The van der Waals surface area contributed by atoms with Gasteiger partial charge in [0.25, 0.3) is 5.91 Å². The van der Waals surface area contributed by atoms with Gasteiger partial charge in [0.15, 0.2) is 14.5 Å². The number of hydrogen-bond acceptors (Lipinski definition) is 4. The molecule has 1 aromatic carbocycles. The van der Waals surface area contributed by atoms with Crippen molar-refractivity contribution in [1.82, 2.24) is 4.90 Å². The third-order valence-electron chi connectivity index (χ3n) is 3.96. The topological polar surface area (TPSA) is 67.6 Å². The van der Waals surface area contributed by atoms with Gasteiger partial charge in [-0.2, -0.15) is 0 Å². The molecule has 8 heteroatoms. The maximum absolute atomic E-state index is 12.9. The van der Waals surface area contributed by atoms with E-state index < -0.39 is 9.84 Å². The number of hydrogen-bond donors (Lipinski definition) is 0. The molecule has 2 heterocycles. The zero-order chi connectivity index (χ0) is 17.3. The van der Waals surface area contributed by atoms with Gasteiger partial charge in [0, 0.05) is 16.6 Å². The molecule has 1 saturated heterocycles. The van der Waals surface area contributed by atoms with E-state index in [0.29, 0.717) is 27.4 Å². The summed E-state index contributed by atoms with van der Waals surface area (Å²) >= 11 is 9.10. The minimum Gasteiger partial charge on any atom is -0.452 e. The highest BCUT2D eigenvalue weighted by molar-refractivity contribution is 9.10. The molecule has 24 heavy (non-hydrogen) atoms. The number of carbonyl (C=O) groups is 1. The Balaban J connectivity index is 1.88. The maximum Gasteiger partial charge on any atom is 0.254 e. The molecule has 2 aromatic rings. The van der Waals surface area contributed by atoms with Gasteiger partial charge in [-0.25, -0.2) is 8.42 Å². The molecule has 0 aliphatic carbocycles. The van der Waals surface area contributed by atoms with Crippen molar-refractivity contribution in [3.63, 3.8) is 0 Å². The fraction of sp³-hybridized carbons (Fsp3) is 0.312. The highest BCUT2D eigenvalue weighted by Gasteiger charge is 2.35. The minimum absolute atomic E-state index is 0.0196. The smallest absolute Gasteiger partial charge is 0.254 e. The monoisotopic (exact) mass is 431 g/mol. The Morgan fingerprint density at radius 2 is 1.96 bits per heavy atom. The van der Waals surface area contributed by atoms with Crippen LogP contribution in [0.2, 0.25) is 5.02 Å². The average molecular weight is 433 g/mol. The van der Waals surface area contributed by atoms with E-state index in [1.807, 2.05) is 0 Å². The van der Waals surface area contributed by atoms with Crippen LogP contribution in [-0.4, -0.2) is 36.8 Å². The Bertz CT molecular complexity index is 847. The summed E-state index contributed by atoms with van der Waals surface area (Å²) < 4.78 is 29.7. The summed E-state index contributed by atoms with van der Waals surface area (Å²) in [4.78, 5) is 14.5. The summed E-state index contributed by atoms with van der Waals surface area (Å²) in [6.45, 7) is 0.216. The van der Waals surface area contributed by atoms with E-state index in [1.54, 1.807) is 41.3 Å². The number of furan rings is 1. The quantitative estimate of drug-likeness (QED) is 0.741. The van der Waals surface area contributed by atoms with Crippen LogP contribution in [-0.2, 0) is 16.4 Å². The third-order valence-corrected chi connectivity index (χ3v) is 6.38. The lowest BCUT2D eigenvalue weighted by Gasteiger charge is -2.27. The molecular formula is C16H15BrClNO4S. The first-order chi connectivity index (χ1) is 11.3. The average Bonchev–Trinajstić information content (AvgIpc) is 3.10. The number of benzene rings is 1. The van der Waals surface area contributed by atoms with Crippen molar-refractivity contribution in [3.8, 4) is 0 Å². The fourth-order valence-electron chi connectivity index (χ4n) is 2.75. The second kappa shape index (κ2) is 6.90. The summed E-state index contributed by atoms with van der Waals surface area (Å²) in [5.41, 5.74) is 0.467. The van der Waals surface area contributed by atoms with Crippen LogP contribution in [0.5, 0.6) is 0 Å². The second-order valence-corrected chi connectivity index (χ2v) is 9.15. The van der Waals surface area contributed by atoms with Gasteiger partial charge in [0.1, 0.15) is 5.76 Å². The lowest BCUT2D eigenvalue weighted by Crippen LogP contribution is -2.40. The predicted octanol–water partition coefficient (Wildman–Crippen LogP) is 3.53. The Hall–Kier alpha value is -1.31. The van der Waals surface area contributed by atoms with Gasteiger partial charge < -0.3 is 9.32 Å². The number of nitrogens with zero attached hydrogens (tertiary/aromatic N) is 1. The highest BCUT2D eigenvalue weighted by atomic mass is 79.9. The molecule has 0 radical (unpaired) electrons. The van der Waals surface area contributed by atoms with E-state index in [9.17, 15) is 13.2 Å². The lowest BCUT2D eigenvalue weighted by molar-refractivity contribution is 0.0665. The first-order valence-electron chi connectivity index (χ1n) is 7.35. The van der Waals surface area contributed by atoms with Crippen molar-refractivity contribution >= 4 is 43.3 Å². The van der Waals surface area contributed by atoms with Crippen molar-refractivity contribution in [2.24, 2.45) is 0 Å². The van der Waals surface area contributed by atoms with Crippen LogP contribution >= 0.6 is 27.5 Å². The van der Waals surface area contributed by atoms with E-state index in [4.69, 9.17) is 16.0 Å². The fourth-order valence-corrected chi connectivity index (χ4v) is 4.95. The maximum atomic E-state index is 12.9. The van der Waals surface area contributed by atoms with Crippen molar-refractivity contribution in [1.29, 1.82) is 0 Å². The van der Waals surface area contributed by atoms with Crippen molar-refractivity contribution < 1.29 is 17.6 Å². The molecule has 1 amide bonds. The van der Waals surface area contributed by atoms with Gasteiger partial charge in [-0.3, -0.25) is 4.79 Å². The van der Waals surface area contributed by atoms with Gasteiger partial charge in [0.2, 0.25) is 0 Å². The lowest BCUT2D eigenvalue weighted by atomic mass is 10.1. The summed E-state index contributed by atoms with van der Waals surface area (Å²) in [5, 5.41) is 0.538. The summed E-state index contributed by atoms with van der Waals surface area (Å²) in [5.74, 6) is 0.438. The number of sulfone groups is 1. The van der Waals surface area contributed by atoms with Crippen LogP contribution in [0.15, 0.2) is 45.5 Å². The molecular weight excluding hydrogens is 418 g/mol. The zero-order valence-electron chi connectivity index (χ0n) is 12.6. The molecule has 1 aromatic heterocycles. The Kier molecular flexibility index (Phi) is 5.03. The number of carbonyl (C=O) groups excluding carboxylic acids is 1. The first kappa shape index (κ1) is 17.5. The molecule has 0 N–H and O–H groups in total. The Labute approximate surface area is 153 Å². The zero-order valence-corrected chi connectivity index (χ0v) is 15.8. The molecule has 0 spiro atoms. The molecule has 0 bridgehead atoms. The van der Waals surface area contributed by atoms with Gasteiger partial charge in [-0.05, 0) is 58.7 Å². The minimum atomic E-state index is -3.10. The molecule has 0 saturated carbocycles. The number of rotatable bonds is 4. The largest absolute Gasteiger partial charge is 0.452 e. The molecule has 1 fully saturated rings. The van der Waals surface area contributed by atoms with Crippen LogP contribution in [0, 0.1) is 0 Å². The predicted molar refractivity (Wildman–Crippen MR) is 94.8 cm³/mol. The Morgan fingerprint density at radius 3 is 2.50 bits per heavy atom. The number of halogens is 2. The van der Waals surface area contributed by atoms with Crippen LogP contribution in [0.4, 0.5) is 0 Å². The van der Waals surface area contributed by atoms with E-state index >= 15 is 0 Å². The normalized spacial score (nSPS) is 19.3. The van der Waals surface area contributed by atoms with Crippen molar-refractivity contribution in [2.75, 3.05) is 11.5 Å². The highest BCUT2D eigenvalue weighted by Crippen LogP contribution is 2.24. The third kappa shape index (κ3) is 4.02. The molecule has 1 atom stereocenters. The van der Waals surface area contributed by atoms with Gasteiger partial charge >= 0.3 is 0 Å². The second-order valence-electron chi connectivity index (χ2n) is 5.70. The standard InChI is InChI=1S/C16H15BrClNO4S/c17-15-6-5-14(23-15)9-19(13-7-8-24(21,22)10-13)16(20)11-1-3-12(18)4-2-11/h1-6,13H,7-10H2/t13-/m1/s1. The molecule has 0 unspecified atom stereocenters. The van der Waals surface area contributed by atoms with Gasteiger partial charge in [0.05, 0.1) is 18.1 Å². The van der Waals surface area contributed by atoms with E-state index in [1.165, 1.54) is 0 Å². The molecule has 5 nitrogen and oxygen atoms in total. The van der Waals surface area contributed by atoms with Gasteiger partial charge in [-0.1, -0.05) is 11.6 Å². The van der Waals surface area contributed by atoms with Crippen LogP contribution in [0.1, 0.15) is 22.5 Å². The molecule has 128 valence electrons. The van der Waals surface area contributed by atoms with Crippen LogP contribution in [0.25, 0.3) is 0 Å². The number of amides is 1. The van der Waals surface area contributed by atoms with Crippen LogP contribution < -0.4 is 0 Å². The Morgan fingerprint density at radius 1 is 1.25 bits per heavy atom. The summed E-state index contributed by atoms with van der Waals surface area (Å²) in [6, 6.07) is 9.70. The summed E-state index contributed by atoms with van der Waals surface area (Å²) in [6.07, 6.45) is 0.434. The van der Waals surface area contributed by atoms with Gasteiger partial charge in [-0.15, -0.1) is 0 Å². The van der Waals surface area contributed by atoms with E-state index in [2.05, 4.69) is 15.9 Å². The van der Waals surface area contributed by atoms with E-state index in [0.717, 1.165) is 0 Å². The SMILES string of the molecule is O=C(c1ccc(Cl)cc1)N(Cc1ccc(Br)o1)[C@@H]1CCS(=O)(=O)C1. The van der Waals surface area contributed by atoms with E-state index in [-0.39, 0.29) is 30.0 Å². The molecule has 1 aliphatic rings. The van der Waals surface area contributed by atoms with Crippen molar-refractivity contribution in [3.05, 3.63) is 57.4 Å². The molecule has 3 rings (SSSR count). The first-order valence-corrected chi connectivity index (χ1v) is 10.3. The van der Waals surface area contributed by atoms with Crippen molar-refractivity contribution in [2.45, 2.75) is 19.0 Å².